The smallest absolute Gasteiger partial charge is 0.224 e. The molecule has 0 unspecified atom stereocenters. The van der Waals surface area contributed by atoms with Crippen LogP contribution in [0.15, 0.2) is 30.6 Å². The highest BCUT2D eigenvalue weighted by atomic mass is 19.2. The first kappa shape index (κ1) is 11.3. The molecule has 0 aliphatic heterocycles. The minimum Gasteiger partial charge on any atom is -0.436 e. The van der Waals surface area contributed by atoms with Crippen molar-refractivity contribution >= 4 is 5.82 Å². The van der Waals surface area contributed by atoms with Crippen molar-refractivity contribution in [2.45, 2.75) is 0 Å². The Morgan fingerprint density at radius 3 is 2.82 bits per heavy atom. The summed E-state index contributed by atoms with van der Waals surface area (Å²) in [5.74, 6) is -1.58. The Kier molecular flexibility index (Phi) is 3.13. The maximum absolute atomic E-state index is 13.3. The molecule has 1 aromatic carbocycles. The van der Waals surface area contributed by atoms with E-state index in [9.17, 15) is 8.78 Å². The van der Waals surface area contributed by atoms with Crippen LogP contribution in [0.25, 0.3) is 0 Å². The van der Waals surface area contributed by atoms with Crippen molar-refractivity contribution in [1.29, 1.82) is 0 Å². The van der Waals surface area contributed by atoms with Gasteiger partial charge in [-0.2, -0.15) is 4.39 Å². The minimum absolute atomic E-state index is 0.133. The molecule has 0 aliphatic carbocycles. The van der Waals surface area contributed by atoms with Gasteiger partial charge in [0.2, 0.25) is 11.7 Å². The minimum atomic E-state index is -1.04. The number of anilines is 1. The average molecular weight is 237 g/mol. The maximum atomic E-state index is 13.3. The van der Waals surface area contributed by atoms with Gasteiger partial charge in [-0.3, -0.25) is 0 Å². The van der Waals surface area contributed by atoms with E-state index in [1.807, 2.05) is 0 Å². The van der Waals surface area contributed by atoms with E-state index in [2.05, 4.69) is 15.3 Å². The van der Waals surface area contributed by atoms with Gasteiger partial charge in [0.15, 0.2) is 11.6 Å². The van der Waals surface area contributed by atoms with Gasteiger partial charge < -0.3 is 10.1 Å². The first-order chi connectivity index (χ1) is 8.20. The second-order valence-corrected chi connectivity index (χ2v) is 3.15. The molecule has 0 radical (unpaired) electrons. The second-order valence-electron chi connectivity index (χ2n) is 3.15. The Labute approximate surface area is 96.3 Å². The molecule has 2 rings (SSSR count). The quantitative estimate of drug-likeness (QED) is 0.891. The summed E-state index contributed by atoms with van der Waals surface area (Å²) in [6.07, 6.45) is 1.26. The fraction of sp³-hybridized carbons (Fsp3) is 0.0909. The number of aromatic nitrogens is 2. The third-order valence-electron chi connectivity index (χ3n) is 2.03. The molecule has 88 valence electrons. The third kappa shape index (κ3) is 2.47. The zero-order chi connectivity index (χ0) is 12.3. The monoisotopic (exact) mass is 237 g/mol. The normalized spacial score (nSPS) is 10.1. The van der Waals surface area contributed by atoms with Crippen LogP contribution in [-0.2, 0) is 0 Å². The maximum Gasteiger partial charge on any atom is 0.224 e. The van der Waals surface area contributed by atoms with Gasteiger partial charge in [-0.25, -0.2) is 14.4 Å². The molecule has 0 amide bonds. The molecule has 0 aliphatic rings. The third-order valence-corrected chi connectivity index (χ3v) is 2.03. The lowest BCUT2D eigenvalue weighted by atomic mass is 10.3. The molecular formula is C11H9F2N3O. The second kappa shape index (κ2) is 4.73. The zero-order valence-electron chi connectivity index (χ0n) is 8.95. The molecule has 6 heteroatoms. The largest absolute Gasteiger partial charge is 0.436 e. The highest BCUT2D eigenvalue weighted by Gasteiger charge is 2.10. The molecule has 0 saturated heterocycles. The Morgan fingerprint density at radius 2 is 2.06 bits per heavy atom. The van der Waals surface area contributed by atoms with Crippen LogP contribution in [0.1, 0.15) is 0 Å². The van der Waals surface area contributed by atoms with Crippen LogP contribution in [-0.4, -0.2) is 17.0 Å². The lowest BCUT2D eigenvalue weighted by molar-refractivity contribution is 0.405. The number of rotatable bonds is 3. The van der Waals surface area contributed by atoms with Crippen LogP contribution >= 0.6 is 0 Å². The van der Waals surface area contributed by atoms with Crippen molar-refractivity contribution in [3.8, 4) is 11.6 Å². The van der Waals surface area contributed by atoms with Gasteiger partial charge in [0.25, 0.3) is 0 Å². The summed E-state index contributed by atoms with van der Waals surface area (Å²) in [5, 5.41) is 2.78. The van der Waals surface area contributed by atoms with Crippen LogP contribution in [0.5, 0.6) is 11.6 Å². The van der Waals surface area contributed by atoms with Gasteiger partial charge in [-0.05, 0) is 12.1 Å². The molecule has 0 atom stereocenters. The van der Waals surface area contributed by atoms with Crippen LogP contribution < -0.4 is 10.1 Å². The topological polar surface area (TPSA) is 47.0 Å². The number of hydrogen-bond donors (Lipinski definition) is 1. The number of nitrogens with one attached hydrogen (secondary N) is 1. The van der Waals surface area contributed by atoms with Crippen LogP contribution in [0.4, 0.5) is 14.6 Å². The van der Waals surface area contributed by atoms with Crippen molar-refractivity contribution in [2.24, 2.45) is 0 Å². The van der Waals surface area contributed by atoms with Crippen LogP contribution in [0.3, 0.4) is 0 Å². The molecule has 4 nitrogen and oxygen atoms in total. The number of nitrogens with zero attached hydrogens (tertiary/aromatic N) is 2. The van der Waals surface area contributed by atoms with Gasteiger partial charge in [0.1, 0.15) is 12.1 Å². The standard InChI is InChI=1S/C11H9F2N3O/c1-14-9-5-10(16-6-15-9)17-8-4-2-3-7(12)11(8)13/h2-6H,1H3,(H,14,15,16). The van der Waals surface area contributed by atoms with Gasteiger partial charge in [0.05, 0.1) is 0 Å². The summed E-state index contributed by atoms with van der Waals surface area (Å²) in [6, 6.07) is 5.17. The summed E-state index contributed by atoms with van der Waals surface area (Å²) in [7, 11) is 1.68. The first-order valence-electron chi connectivity index (χ1n) is 4.82. The number of ether oxygens (including phenoxy) is 1. The molecule has 2 aromatic rings. The fourth-order valence-corrected chi connectivity index (χ4v) is 1.21. The molecule has 1 heterocycles. The Morgan fingerprint density at radius 1 is 1.24 bits per heavy atom. The summed E-state index contributed by atoms with van der Waals surface area (Å²) in [4.78, 5) is 7.66. The highest BCUT2D eigenvalue weighted by Crippen LogP contribution is 2.24. The molecular weight excluding hydrogens is 228 g/mol. The number of hydrogen-bond acceptors (Lipinski definition) is 4. The van der Waals surface area contributed by atoms with Gasteiger partial charge in [-0.1, -0.05) is 6.07 Å². The van der Waals surface area contributed by atoms with Crippen molar-refractivity contribution in [3.05, 3.63) is 42.2 Å². The SMILES string of the molecule is CNc1cc(Oc2cccc(F)c2F)ncn1. The molecule has 0 saturated carbocycles. The van der Waals surface area contributed by atoms with E-state index in [0.717, 1.165) is 6.07 Å². The van der Waals surface area contributed by atoms with Gasteiger partial charge in [0, 0.05) is 13.1 Å². The summed E-state index contributed by atoms with van der Waals surface area (Å²) >= 11 is 0. The number of halogens is 2. The fourth-order valence-electron chi connectivity index (χ4n) is 1.21. The molecule has 0 fully saturated rings. The van der Waals surface area contributed by atoms with E-state index in [-0.39, 0.29) is 11.6 Å². The van der Waals surface area contributed by atoms with E-state index in [1.165, 1.54) is 24.5 Å². The summed E-state index contributed by atoms with van der Waals surface area (Å²) in [6.45, 7) is 0. The Balaban J connectivity index is 2.28. The summed E-state index contributed by atoms with van der Waals surface area (Å²) < 4.78 is 31.4. The number of benzene rings is 1. The Hall–Kier alpha value is -2.24. The lowest BCUT2D eigenvalue weighted by Gasteiger charge is -2.06. The summed E-state index contributed by atoms with van der Waals surface area (Å²) in [5.41, 5.74) is 0. The predicted octanol–water partition coefficient (Wildman–Crippen LogP) is 2.59. The molecule has 1 aromatic heterocycles. The van der Waals surface area contributed by atoms with E-state index in [1.54, 1.807) is 7.05 Å². The van der Waals surface area contributed by atoms with Crippen LogP contribution in [0.2, 0.25) is 0 Å². The van der Waals surface area contributed by atoms with Gasteiger partial charge in [-0.15, -0.1) is 0 Å². The average Bonchev–Trinajstić information content (AvgIpc) is 2.35. The van der Waals surface area contributed by atoms with Crippen LogP contribution in [0, 0.1) is 11.6 Å². The van der Waals surface area contributed by atoms with Crippen molar-refractivity contribution < 1.29 is 13.5 Å². The lowest BCUT2D eigenvalue weighted by Crippen LogP contribution is -1.96. The van der Waals surface area contributed by atoms with E-state index < -0.39 is 11.6 Å². The van der Waals surface area contributed by atoms with Crippen molar-refractivity contribution in [1.82, 2.24) is 9.97 Å². The van der Waals surface area contributed by atoms with Crippen molar-refractivity contribution in [3.63, 3.8) is 0 Å². The van der Waals surface area contributed by atoms with Gasteiger partial charge >= 0.3 is 0 Å². The first-order valence-corrected chi connectivity index (χ1v) is 4.82. The molecule has 0 spiro atoms. The Bertz CT molecular complexity index is 534. The van der Waals surface area contributed by atoms with E-state index in [0.29, 0.717) is 5.82 Å². The van der Waals surface area contributed by atoms with E-state index >= 15 is 0 Å². The molecule has 1 N–H and O–H groups in total. The zero-order valence-corrected chi connectivity index (χ0v) is 8.95. The molecule has 0 bridgehead atoms. The predicted molar refractivity (Wildman–Crippen MR) is 58.0 cm³/mol. The highest BCUT2D eigenvalue weighted by molar-refractivity contribution is 5.38. The molecule has 17 heavy (non-hydrogen) atoms. The van der Waals surface area contributed by atoms with E-state index in [4.69, 9.17) is 4.74 Å². The van der Waals surface area contributed by atoms with Crippen molar-refractivity contribution in [2.75, 3.05) is 12.4 Å².